The number of fused-ring (bicyclic) bond motifs is 2. The molecule has 0 atom stereocenters. The second kappa shape index (κ2) is 12.3. The Kier molecular flexibility index (Phi) is 8.15. The van der Waals surface area contributed by atoms with Gasteiger partial charge in [0.05, 0.1) is 29.5 Å². The summed E-state index contributed by atoms with van der Waals surface area (Å²) < 4.78 is 44.6. The summed E-state index contributed by atoms with van der Waals surface area (Å²) in [6, 6.07) is 25.1. The van der Waals surface area contributed by atoms with Crippen LogP contribution in [0.4, 0.5) is 0 Å². The summed E-state index contributed by atoms with van der Waals surface area (Å²) in [6.07, 6.45) is 0. The van der Waals surface area contributed by atoms with E-state index in [-0.39, 0.29) is 18.3 Å². The molecular weight excluding hydrogens is 706 g/mol. The van der Waals surface area contributed by atoms with E-state index >= 15 is 0 Å². The zero-order valence-corrected chi connectivity index (χ0v) is 34.2. The Bertz CT molecular complexity index is 2760. The average molecular weight is 753 g/mol. The highest BCUT2D eigenvalue weighted by Gasteiger charge is 2.53. The Hall–Kier alpha value is -4.31. The van der Waals surface area contributed by atoms with Gasteiger partial charge in [-0.05, 0) is 131 Å². The molecular formula is C45H46B2O7S. The van der Waals surface area contributed by atoms with Crippen molar-refractivity contribution in [2.45, 2.75) is 91.6 Å². The van der Waals surface area contributed by atoms with Crippen molar-refractivity contribution in [1.29, 1.82) is 0 Å². The van der Waals surface area contributed by atoms with Crippen molar-refractivity contribution >= 4 is 101 Å². The smallest absolute Gasteiger partial charge is 0.496 e. The lowest BCUT2D eigenvalue weighted by atomic mass is 9.75. The van der Waals surface area contributed by atoms with Crippen LogP contribution in [0.2, 0.25) is 0 Å². The Labute approximate surface area is 326 Å². The fourth-order valence-corrected chi connectivity index (χ4v) is 9.01. The minimum Gasteiger partial charge on any atom is -0.497 e. The number of methoxy groups -OCH3 is 1. The topological polar surface area (TPSA) is 72.4 Å². The number of hydrogen-bond donors (Lipinski definition) is 0. The molecule has 11 rings (SSSR count). The summed E-state index contributed by atoms with van der Waals surface area (Å²) in [7, 11) is 0.883. The number of thiophene rings is 1. The first kappa shape index (κ1) is 36.3. The molecule has 7 nitrogen and oxygen atoms in total. The third kappa shape index (κ3) is 5.25. The van der Waals surface area contributed by atoms with Crippen molar-refractivity contribution in [2.24, 2.45) is 0 Å². The summed E-state index contributed by atoms with van der Waals surface area (Å²) in [4.78, 5) is 0. The maximum atomic E-state index is 6.49. The molecule has 2 fully saturated rings. The van der Waals surface area contributed by atoms with Crippen molar-refractivity contribution in [2.75, 3.05) is 7.11 Å². The van der Waals surface area contributed by atoms with Crippen molar-refractivity contribution < 1.29 is 32.2 Å². The Morgan fingerprint density at radius 3 is 1.58 bits per heavy atom. The third-order valence-corrected chi connectivity index (χ3v) is 13.4. The van der Waals surface area contributed by atoms with E-state index < -0.39 is 18.3 Å². The number of ether oxygens (including phenoxy) is 1. The largest absolute Gasteiger partial charge is 0.497 e. The molecule has 8 aromatic rings. The zero-order valence-electron chi connectivity index (χ0n) is 33.4. The second-order valence-electron chi connectivity index (χ2n) is 16.5. The van der Waals surface area contributed by atoms with Gasteiger partial charge in [0.15, 0.2) is 0 Å². The van der Waals surface area contributed by atoms with Gasteiger partial charge in [0, 0.05) is 37.1 Å². The highest BCUT2D eigenvalue weighted by Crippen LogP contribution is 2.50. The average Bonchev–Trinajstić information content (AvgIpc) is 3.92. The quantitative estimate of drug-likeness (QED) is 0.166. The minimum atomic E-state index is -0.481. The van der Waals surface area contributed by atoms with Gasteiger partial charge < -0.3 is 32.2 Å². The highest BCUT2D eigenvalue weighted by atomic mass is 32.1. The molecule has 0 saturated carbocycles. The molecule has 55 heavy (non-hydrogen) atoms. The fourth-order valence-electron chi connectivity index (χ4n) is 8.07. The molecule has 0 N–H and O–H groups in total. The van der Waals surface area contributed by atoms with Gasteiger partial charge in [-0.3, -0.25) is 0 Å². The lowest BCUT2D eigenvalue weighted by molar-refractivity contribution is 0.00578. The van der Waals surface area contributed by atoms with E-state index in [1.165, 1.54) is 15.8 Å². The SMILES string of the molecule is CC.CC1(C)OB(c2cc3oc4cccc5c4c3c3c2ccc2oc4cccc-5c4c23)OC1(C)C.COc1ccc2scc(B3OC(C)(C)C(C)(C)O3)c2c1. The molecule has 0 unspecified atom stereocenters. The molecule has 3 aliphatic rings. The maximum absolute atomic E-state index is 6.49. The van der Waals surface area contributed by atoms with Gasteiger partial charge in [0.1, 0.15) is 28.1 Å². The highest BCUT2D eigenvalue weighted by molar-refractivity contribution is 7.18. The van der Waals surface area contributed by atoms with Crippen LogP contribution in [0.15, 0.2) is 87.0 Å². The van der Waals surface area contributed by atoms with E-state index in [4.69, 9.17) is 32.2 Å². The Morgan fingerprint density at radius 2 is 1.02 bits per heavy atom. The van der Waals surface area contributed by atoms with Crippen molar-refractivity contribution in [3.8, 4) is 16.9 Å². The van der Waals surface area contributed by atoms with Gasteiger partial charge in [-0.25, -0.2) is 0 Å². The molecule has 1 aliphatic carbocycles. The van der Waals surface area contributed by atoms with Gasteiger partial charge >= 0.3 is 14.2 Å². The molecule has 280 valence electrons. The summed E-state index contributed by atoms with van der Waals surface area (Å²) in [5, 5.41) is 10.1. The van der Waals surface area contributed by atoms with Crippen LogP contribution < -0.4 is 15.7 Å². The molecule has 0 spiro atoms. The van der Waals surface area contributed by atoms with Gasteiger partial charge in [-0.15, -0.1) is 11.3 Å². The number of furan rings is 2. The first-order valence-corrected chi connectivity index (χ1v) is 20.1. The molecule has 0 radical (unpaired) electrons. The van der Waals surface area contributed by atoms with E-state index in [9.17, 15) is 0 Å². The molecule has 2 saturated heterocycles. The van der Waals surface area contributed by atoms with Gasteiger partial charge in [0.25, 0.3) is 0 Å². The predicted octanol–water partition coefficient (Wildman–Crippen LogP) is 11.2. The van der Waals surface area contributed by atoms with Crippen LogP contribution in [0.5, 0.6) is 5.75 Å². The normalized spacial score (nSPS) is 18.7. The van der Waals surface area contributed by atoms with Crippen LogP contribution in [0, 0.1) is 0 Å². The van der Waals surface area contributed by atoms with Gasteiger partial charge in [-0.1, -0.05) is 44.2 Å². The van der Waals surface area contributed by atoms with Crippen molar-refractivity contribution in [1.82, 2.24) is 0 Å². The summed E-state index contributed by atoms with van der Waals surface area (Å²) in [6.45, 7) is 20.6. The van der Waals surface area contributed by atoms with E-state index in [0.717, 1.165) is 76.7 Å². The number of rotatable bonds is 3. The van der Waals surface area contributed by atoms with Crippen molar-refractivity contribution in [3.63, 3.8) is 0 Å². The molecule has 0 bridgehead atoms. The molecule has 10 heteroatoms. The van der Waals surface area contributed by atoms with Crippen molar-refractivity contribution in [3.05, 3.63) is 78.2 Å². The minimum absolute atomic E-state index is 0.315. The molecule has 5 heterocycles. The van der Waals surface area contributed by atoms with E-state index in [0.29, 0.717) is 0 Å². The first-order chi connectivity index (χ1) is 26.2. The van der Waals surface area contributed by atoms with Gasteiger partial charge in [0.2, 0.25) is 0 Å². The van der Waals surface area contributed by atoms with E-state index in [1.807, 2.05) is 26.0 Å². The second-order valence-corrected chi connectivity index (χ2v) is 17.4. The Balaban J connectivity index is 0.000000155. The molecule has 3 aromatic heterocycles. The number of benzene rings is 5. The van der Waals surface area contributed by atoms with Gasteiger partial charge in [-0.2, -0.15) is 0 Å². The monoisotopic (exact) mass is 752 g/mol. The summed E-state index contributed by atoms with van der Waals surface area (Å²) >= 11 is 1.70. The van der Waals surface area contributed by atoms with Crippen LogP contribution in [0.3, 0.4) is 0 Å². The molecule has 5 aromatic carbocycles. The Morgan fingerprint density at radius 1 is 0.509 bits per heavy atom. The summed E-state index contributed by atoms with van der Waals surface area (Å²) in [5.41, 5.74) is 6.50. The van der Waals surface area contributed by atoms with Crippen LogP contribution in [-0.4, -0.2) is 43.8 Å². The molecule has 2 aliphatic heterocycles. The lowest BCUT2D eigenvalue weighted by Gasteiger charge is -2.32. The van der Waals surface area contributed by atoms with E-state index in [1.54, 1.807) is 18.4 Å². The third-order valence-electron chi connectivity index (χ3n) is 12.4. The van der Waals surface area contributed by atoms with Crippen LogP contribution >= 0.6 is 11.3 Å². The van der Waals surface area contributed by atoms with Crippen LogP contribution in [-0.2, 0) is 18.6 Å². The summed E-state index contributed by atoms with van der Waals surface area (Å²) in [5.74, 6) is 0.855. The molecule has 0 amide bonds. The van der Waals surface area contributed by atoms with Crippen LogP contribution in [0.1, 0.15) is 69.2 Å². The predicted molar refractivity (Wildman–Crippen MR) is 229 cm³/mol. The first-order valence-electron chi connectivity index (χ1n) is 19.2. The van der Waals surface area contributed by atoms with E-state index in [2.05, 4.69) is 121 Å². The maximum Gasteiger partial charge on any atom is 0.496 e. The van der Waals surface area contributed by atoms with Crippen LogP contribution in [0.25, 0.3) is 75.9 Å². The standard InChI is InChI=1S/C28H21BO4.C15H19BO3S.C2H6/c1-27(2)28(3,4)33-29(32-27)17-13-21-26-23-15(8-6-10-19(23)31-21)14-7-5-9-18-22(14)25-20(30-18)12-11-16(17)24(25)26;1-14(2)15(3,4)19-16(18-14)12-9-20-13-7-6-10(17-5)8-11(12)13;1-2/h5-13H,1-4H3;6-9H,1-5H3;1-2H3. The number of hydrogen-bond acceptors (Lipinski definition) is 8. The lowest BCUT2D eigenvalue weighted by Crippen LogP contribution is -2.41. The zero-order chi connectivity index (χ0) is 38.8. The fraction of sp³-hybridized carbons (Fsp3) is 0.333.